The van der Waals surface area contributed by atoms with Gasteiger partial charge in [0, 0.05) is 31.5 Å². The lowest BCUT2D eigenvalue weighted by atomic mass is 10.3. The molecule has 12 heteroatoms. The van der Waals surface area contributed by atoms with Crippen LogP contribution in [0.2, 0.25) is 0 Å². The third kappa shape index (κ3) is 3.83. The maximum absolute atomic E-state index is 12.6. The number of nitrogens with one attached hydrogen (secondary N) is 2. The first-order valence-electron chi connectivity index (χ1n) is 8.33. The predicted octanol–water partition coefficient (Wildman–Crippen LogP) is 1.37. The molecule has 0 aliphatic rings. The molecule has 28 heavy (non-hydrogen) atoms. The molecule has 0 fully saturated rings. The van der Waals surface area contributed by atoms with E-state index in [-0.39, 0.29) is 11.4 Å². The summed E-state index contributed by atoms with van der Waals surface area (Å²) in [7, 11) is -3.70. The third-order valence-corrected chi connectivity index (χ3v) is 5.86. The van der Waals surface area contributed by atoms with Gasteiger partial charge in [0.15, 0.2) is 5.82 Å². The molecule has 2 N–H and O–H groups in total. The molecule has 144 valence electrons. The van der Waals surface area contributed by atoms with Gasteiger partial charge in [0.05, 0.1) is 11.7 Å². The zero-order valence-electron chi connectivity index (χ0n) is 14.8. The first-order chi connectivity index (χ1) is 13.5. The largest absolute Gasteiger partial charge is 0.369 e. The fourth-order valence-corrected chi connectivity index (χ4v) is 4.41. The Labute approximate surface area is 165 Å². The van der Waals surface area contributed by atoms with Gasteiger partial charge in [-0.1, -0.05) is 6.07 Å². The van der Waals surface area contributed by atoms with Gasteiger partial charge in [-0.15, -0.1) is 0 Å². The summed E-state index contributed by atoms with van der Waals surface area (Å²) in [5, 5.41) is 7.25. The van der Waals surface area contributed by atoms with Crippen LogP contribution in [0.1, 0.15) is 5.82 Å². The first-order valence-corrected chi connectivity index (χ1v) is 10.5. The fourth-order valence-electron chi connectivity index (χ4n) is 2.62. The van der Waals surface area contributed by atoms with Crippen LogP contribution >= 0.6 is 11.7 Å². The molecule has 0 aliphatic carbocycles. The fraction of sp³-hybridized carbons (Fsp3) is 0.188. The van der Waals surface area contributed by atoms with Crippen molar-refractivity contribution in [1.82, 2.24) is 33.2 Å². The number of anilines is 1. The number of aromatic nitrogens is 6. The molecular formula is C16H16N8O2S2. The van der Waals surface area contributed by atoms with Crippen LogP contribution in [0, 0.1) is 6.92 Å². The van der Waals surface area contributed by atoms with Gasteiger partial charge in [-0.2, -0.15) is 13.8 Å². The summed E-state index contributed by atoms with van der Waals surface area (Å²) in [6.07, 6.45) is 3.45. The Balaban J connectivity index is 1.41. The molecule has 0 bridgehead atoms. The van der Waals surface area contributed by atoms with Crippen LogP contribution in [-0.2, 0) is 10.0 Å². The molecular weight excluding hydrogens is 400 g/mol. The minimum Gasteiger partial charge on any atom is -0.369 e. The molecule has 10 nitrogen and oxygen atoms in total. The SMILES string of the molecule is Cc1nc(NCCNS(=O)(=O)c2cccc3nsnc23)cc(-n2cccn2)n1. The standard InChI is InChI=1S/C16H16N8O2S2/c1-11-20-14(10-15(21-11)24-9-3-6-18-24)17-7-8-19-28(25,26)13-5-2-4-12-16(13)23-27-22-12/h2-6,9-10,19H,7-8H2,1H3,(H,17,20,21). The van der Waals surface area contributed by atoms with E-state index in [1.165, 1.54) is 6.07 Å². The van der Waals surface area contributed by atoms with E-state index < -0.39 is 10.0 Å². The van der Waals surface area contributed by atoms with Crippen LogP contribution in [0.5, 0.6) is 0 Å². The van der Waals surface area contributed by atoms with Gasteiger partial charge in [-0.05, 0) is 25.1 Å². The Bertz CT molecular complexity index is 1200. The summed E-state index contributed by atoms with van der Waals surface area (Å²) >= 11 is 0.984. The topological polar surface area (TPSA) is 128 Å². The van der Waals surface area contributed by atoms with Crippen LogP contribution in [0.3, 0.4) is 0 Å². The van der Waals surface area contributed by atoms with E-state index in [0.717, 1.165) is 11.7 Å². The van der Waals surface area contributed by atoms with Crippen molar-refractivity contribution in [2.24, 2.45) is 0 Å². The van der Waals surface area contributed by atoms with Crippen LogP contribution in [-0.4, -0.2) is 50.0 Å². The lowest BCUT2D eigenvalue weighted by Gasteiger charge is -2.10. The Hall–Kier alpha value is -2.96. The molecule has 0 saturated heterocycles. The van der Waals surface area contributed by atoms with Crippen molar-refractivity contribution < 1.29 is 8.42 Å². The number of sulfonamides is 1. The van der Waals surface area contributed by atoms with E-state index in [1.54, 1.807) is 48.3 Å². The molecule has 4 aromatic rings. The van der Waals surface area contributed by atoms with E-state index in [1.807, 2.05) is 0 Å². The van der Waals surface area contributed by atoms with Gasteiger partial charge >= 0.3 is 0 Å². The second kappa shape index (κ2) is 7.58. The average Bonchev–Trinajstić information content (AvgIpc) is 3.36. The smallest absolute Gasteiger partial charge is 0.242 e. The summed E-state index contributed by atoms with van der Waals surface area (Å²) in [5.74, 6) is 1.80. The number of aryl methyl sites for hydroxylation is 1. The van der Waals surface area contributed by atoms with Gasteiger partial charge in [-0.25, -0.2) is 27.8 Å². The summed E-state index contributed by atoms with van der Waals surface area (Å²) in [4.78, 5) is 8.77. The summed E-state index contributed by atoms with van der Waals surface area (Å²) < 4.78 is 37.5. The van der Waals surface area contributed by atoms with Crippen LogP contribution < -0.4 is 10.0 Å². The van der Waals surface area contributed by atoms with E-state index in [0.29, 0.717) is 35.0 Å². The number of hydrogen-bond donors (Lipinski definition) is 2. The zero-order chi connectivity index (χ0) is 19.6. The first kappa shape index (κ1) is 18.4. The van der Waals surface area contributed by atoms with Gasteiger partial charge in [0.2, 0.25) is 10.0 Å². The number of nitrogens with zero attached hydrogens (tertiary/aromatic N) is 6. The van der Waals surface area contributed by atoms with E-state index in [9.17, 15) is 8.42 Å². The van der Waals surface area contributed by atoms with Crippen molar-refractivity contribution >= 4 is 38.6 Å². The minimum absolute atomic E-state index is 0.123. The van der Waals surface area contributed by atoms with Crippen LogP contribution in [0.25, 0.3) is 16.9 Å². The molecule has 4 rings (SSSR count). The van der Waals surface area contributed by atoms with Crippen molar-refractivity contribution in [3.05, 3.63) is 48.5 Å². The molecule has 0 saturated carbocycles. The normalized spacial score (nSPS) is 11.8. The molecule has 3 heterocycles. The van der Waals surface area contributed by atoms with Gasteiger partial charge in [0.1, 0.15) is 27.6 Å². The van der Waals surface area contributed by atoms with E-state index >= 15 is 0 Å². The molecule has 0 aliphatic heterocycles. The van der Waals surface area contributed by atoms with Crippen molar-refractivity contribution in [1.29, 1.82) is 0 Å². The number of fused-ring (bicyclic) bond motifs is 1. The molecule has 3 aromatic heterocycles. The minimum atomic E-state index is -3.70. The highest BCUT2D eigenvalue weighted by molar-refractivity contribution is 7.89. The van der Waals surface area contributed by atoms with Gasteiger partial charge in [-0.3, -0.25) is 0 Å². The molecule has 1 aromatic carbocycles. The maximum Gasteiger partial charge on any atom is 0.242 e. The second-order valence-corrected chi connectivity index (χ2v) is 8.09. The predicted molar refractivity (Wildman–Crippen MR) is 105 cm³/mol. The second-order valence-electron chi connectivity index (χ2n) is 5.82. The quantitative estimate of drug-likeness (QED) is 0.432. The monoisotopic (exact) mass is 416 g/mol. The maximum atomic E-state index is 12.6. The summed E-state index contributed by atoms with van der Waals surface area (Å²) in [5.41, 5.74) is 0.942. The average molecular weight is 416 g/mol. The van der Waals surface area contributed by atoms with Gasteiger partial charge < -0.3 is 5.32 Å². The van der Waals surface area contributed by atoms with Crippen LogP contribution in [0.15, 0.2) is 47.6 Å². The van der Waals surface area contributed by atoms with Crippen LogP contribution in [0.4, 0.5) is 5.82 Å². The summed E-state index contributed by atoms with van der Waals surface area (Å²) in [6.45, 7) is 2.30. The van der Waals surface area contributed by atoms with E-state index in [4.69, 9.17) is 0 Å². The van der Waals surface area contributed by atoms with Gasteiger partial charge in [0.25, 0.3) is 0 Å². The highest BCUT2D eigenvalue weighted by Crippen LogP contribution is 2.20. The lowest BCUT2D eigenvalue weighted by molar-refractivity contribution is 0.583. The molecule has 0 radical (unpaired) electrons. The molecule has 0 atom stereocenters. The summed E-state index contributed by atoms with van der Waals surface area (Å²) in [6, 6.07) is 8.45. The molecule has 0 amide bonds. The highest BCUT2D eigenvalue weighted by atomic mass is 32.2. The Morgan fingerprint density at radius 3 is 2.86 bits per heavy atom. The zero-order valence-corrected chi connectivity index (χ0v) is 16.4. The molecule has 0 spiro atoms. The number of hydrogen-bond acceptors (Lipinski definition) is 9. The van der Waals surface area contributed by atoms with Crippen molar-refractivity contribution in [3.63, 3.8) is 0 Å². The molecule has 0 unspecified atom stereocenters. The Morgan fingerprint density at radius 1 is 1.14 bits per heavy atom. The van der Waals surface area contributed by atoms with E-state index in [2.05, 4.69) is 33.9 Å². The third-order valence-electron chi connectivity index (χ3n) is 3.83. The van der Waals surface area contributed by atoms with Crippen molar-refractivity contribution in [3.8, 4) is 5.82 Å². The highest BCUT2D eigenvalue weighted by Gasteiger charge is 2.18. The van der Waals surface area contributed by atoms with Crippen molar-refractivity contribution in [2.75, 3.05) is 18.4 Å². The van der Waals surface area contributed by atoms with Crippen molar-refractivity contribution in [2.45, 2.75) is 11.8 Å². The lowest BCUT2D eigenvalue weighted by Crippen LogP contribution is -2.29. The number of rotatable bonds is 7. The number of benzene rings is 1. The Kier molecular flexibility index (Phi) is 4.98. The Morgan fingerprint density at radius 2 is 2.04 bits per heavy atom.